The normalized spacial score (nSPS) is 9.86. The van der Waals surface area contributed by atoms with Crippen LogP contribution in [0.15, 0.2) is 24.3 Å². The van der Waals surface area contributed by atoms with Crippen LogP contribution in [-0.2, 0) is 11.2 Å². The summed E-state index contributed by atoms with van der Waals surface area (Å²) in [4.78, 5) is 10.0. The van der Waals surface area contributed by atoms with Gasteiger partial charge in [-0.3, -0.25) is 4.79 Å². The maximum atomic E-state index is 11.9. The van der Waals surface area contributed by atoms with Crippen molar-refractivity contribution in [2.75, 3.05) is 7.11 Å². The quantitative estimate of drug-likeness (QED) is 0.676. The molecule has 0 aliphatic rings. The van der Waals surface area contributed by atoms with Crippen molar-refractivity contribution in [2.24, 2.45) is 0 Å². The average molecular weight is 196 g/mol. The molecule has 0 bridgehead atoms. The molecule has 0 aliphatic carbocycles. The van der Waals surface area contributed by atoms with E-state index in [-0.39, 0.29) is 6.42 Å². The number of carbonyl (C=O) groups excluding carboxylic acids is 1. The van der Waals surface area contributed by atoms with Crippen molar-refractivity contribution >= 4 is 6.04 Å². The highest BCUT2D eigenvalue weighted by Crippen LogP contribution is 2.13. The maximum absolute atomic E-state index is 11.9. The average Bonchev–Trinajstić information content (AvgIpc) is 2.18. The standard InChI is InChI=1S/C11H13FO2/c1-14-10-7-5-9(6-8-10)3-2-4-11(12)13/h5-8H,2-4H2,1H3. The lowest BCUT2D eigenvalue weighted by Gasteiger charge is -2.01. The van der Waals surface area contributed by atoms with Crippen LogP contribution in [0.3, 0.4) is 0 Å². The first-order chi connectivity index (χ1) is 6.72. The first-order valence-electron chi connectivity index (χ1n) is 4.53. The van der Waals surface area contributed by atoms with E-state index in [1.54, 1.807) is 7.11 Å². The number of carbonyl (C=O) groups is 1. The van der Waals surface area contributed by atoms with Crippen LogP contribution in [0, 0.1) is 0 Å². The van der Waals surface area contributed by atoms with E-state index >= 15 is 0 Å². The Hall–Kier alpha value is -1.38. The fraction of sp³-hybridized carbons (Fsp3) is 0.364. The van der Waals surface area contributed by atoms with Crippen molar-refractivity contribution in [3.63, 3.8) is 0 Å². The Morgan fingerprint density at radius 2 is 2.00 bits per heavy atom. The number of ether oxygens (including phenoxy) is 1. The van der Waals surface area contributed by atoms with Crippen molar-refractivity contribution < 1.29 is 13.9 Å². The lowest BCUT2D eigenvalue weighted by atomic mass is 10.1. The van der Waals surface area contributed by atoms with Gasteiger partial charge in [-0.15, -0.1) is 0 Å². The number of methoxy groups -OCH3 is 1. The van der Waals surface area contributed by atoms with E-state index in [4.69, 9.17) is 4.74 Å². The zero-order chi connectivity index (χ0) is 10.4. The van der Waals surface area contributed by atoms with Crippen LogP contribution >= 0.6 is 0 Å². The Morgan fingerprint density at radius 3 is 2.50 bits per heavy atom. The molecule has 0 saturated heterocycles. The van der Waals surface area contributed by atoms with E-state index in [0.717, 1.165) is 17.7 Å². The van der Waals surface area contributed by atoms with Crippen molar-refractivity contribution in [1.29, 1.82) is 0 Å². The molecule has 0 amide bonds. The molecule has 0 aliphatic heterocycles. The number of halogens is 1. The Labute approximate surface area is 82.7 Å². The lowest BCUT2D eigenvalue weighted by molar-refractivity contribution is -0.129. The van der Waals surface area contributed by atoms with Crippen molar-refractivity contribution in [3.05, 3.63) is 29.8 Å². The minimum atomic E-state index is -1.24. The van der Waals surface area contributed by atoms with Gasteiger partial charge in [-0.2, -0.15) is 4.39 Å². The summed E-state index contributed by atoms with van der Waals surface area (Å²) in [5, 5.41) is 0. The minimum absolute atomic E-state index is 0.00598. The van der Waals surface area contributed by atoms with Crippen LogP contribution in [0.5, 0.6) is 5.75 Å². The third kappa shape index (κ3) is 3.56. The second kappa shape index (κ2) is 5.37. The van der Waals surface area contributed by atoms with E-state index in [2.05, 4.69) is 0 Å². The van der Waals surface area contributed by atoms with Gasteiger partial charge >= 0.3 is 6.04 Å². The fourth-order valence-corrected chi connectivity index (χ4v) is 1.22. The van der Waals surface area contributed by atoms with E-state index in [1.807, 2.05) is 24.3 Å². The molecule has 0 unspecified atom stereocenters. The summed E-state index contributed by atoms with van der Waals surface area (Å²) in [5.74, 6) is 0.801. The molecule has 2 nitrogen and oxygen atoms in total. The summed E-state index contributed by atoms with van der Waals surface area (Å²) < 4.78 is 16.9. The predicted molar refractivity (Wildman–Crippen MR) is 52.0 cm³/mol. The number of hydrogen-bond donors (Lipinski definition) is 0. The largest absolute Gasteiger partial charge is 0.497 e. The van der Waals surface area contributed by atoms with E-state index in [9.17, 15) is 9.18 Å². The van der Waals surface area contributed by atoms with E-state index < -0.39 is 6.04 Å². The number of aryl methyl sites for hydroxylation is 1. The van der Waals surface area contributed by atoms with Gasteiger partial charge in [-0.25, -0.2) is 0 Å². The van der Waals surface area contributed by atoms with Crippen LogP contribution in [-0.4, -0.2) is 13.1 Å². The van der Waals surface area contributed by atoms with Crippen LogP contribution in [0.25, 0.3) is 0 Å². The van der Waals surface area contributed by atoms with Crippen LogP contribution in [0.4, 0.5) is 4.39 Å². The molecule has 14 heavy (non-hydrogen) atoms. The molecule has 0 radical (unpaired) electrons. The molecule has 1 aromatic carbocycles. The van der Waals surface area contributed by atoms with Gasteiger partial charge in [0.15, 0.2) is 0 Å². The summed E-state index contributed by atoms with van der Waals surface area (Å²) in [6, 6.07) is 6.31. The highest BCUT2D eigenvalue weighted by Gasteiger charge is 1.99. The smallest absolute Gasteiger partial charge is 0.301 e. The Bertz CT molecular complexity index is 293. The van der Waals surface area contributed by atoms with Gasteiger partial charge in [0.2, 0.25) is 0 Å². The molecule has 0 aromatic heterocycles. The van der Waals surface area contributed by atoms with Crippen molar-refractivity contribution in [2.45, 2.75) is 19.3 Å². The van der Waals surface area contributed by atoms with E-state index in [0.29, 0.717) is 6.42 Å². The molecule has 3 heteroatoms. The Kier molecular flexibility index (Phi) is 4.11. The van der Waals surface area contributed by atoms with Gasteiger partial charge in [0.25, 0.3) is 0 Å². The Balaban J connectivity index is 2.40. The molecule has 1 aromatic rings. The molecule has 0 fully saturated rings. The molecule has 0 saturated carbocycles. The zero-order valence-electron chi connectivity index (χ0n) is 8.13. The van der Waals surface area contributed by atoms with Gasteiger partial charge in [0.05, 0.1) is 7.11 Å². The molecule has 0 N–H and O–H groups in total. The second-order valence-corrected chi connectivity index (χ2v) is 3.06. The van der Waals surface area contributed by atoms with Gasteiger partial charge in [0.1, 0.15) is 5.75 Å². The summed E-state index contributed by atoms with van der Waals surface area (Å²) in [6.45, 7) is 0. The second-order valence-electron chi connectivity index (χ2n) is 3.06. The third-order valence-corrected chi connectivity index (χ3v) is 2.00. The van der Waals surface area contributed by atoms with Crippen LogP contribution in [0.1, 0.15) is 18.4 Å². The van der Waals surface area contributed by atoms with Crippen molar-refractivity contribution in [1.82, 2.24) is 0 Å². The highest BCUT2D eigenvalue weighted by molar-refractivity contribution is 5.67. The molecule has 0 atom stereocenters. The third-order valence-electron chi connectivity index (χ3n) is 2.00. The van der Waals surface area contributed by atoms with E-state index in [1.165, 1.54) is 0 Å². The SMILES string of the molecule is COc1ccc(CCCC(=O)F)cc1. The predicted octanol–water partition coefficient (Wildman–Crippen LogP) is 2.51. The van der Waals surface area contributed by atoms with Gasteiger partial charge < -0.3 is 4.74 Å². The fourth-order valence-electron chi connectivity index (χ4n) is 1.22. The number of benzene rings is 1. The lowest BCUT2D eigenvalue weighted by Crippen LogP contribution is -1.91. The molecule has 0 spiro atoms. The maximum Gasteiger partial charge on any atom is 0.301 e. The van der Waals surface area contributed by atoms with Gasteiger partial charge in [-0.1, -0.05) is 12.1 Å². The van der Waals surface area contributed by atoms with Gasteiger partial charge in [-0.05, 0) is 30.5 Å². The molecular formula is C11H13FO2. The van der Waals surface area contributed by atoms with Crippen LogP contribution in [0.2, 0.25) is 0 Å². The van der Waals surface area contributed by atoms with Crippen LogP contribution < -0.4 is 4.74 Å². The molecule has 0 heterocycles. The number of rotatable bonds is 5. The topological polar surface area (TPSA) is 26.3 Å². The first-order valence-corrected chi connectivity index (χ1v) is 4.53. The monoisotopic (exact) mass is 196 g/mol. The summed E-state index contributed by atoms with van der Waals surface area (Å²) in [5.41, 5.74) is 1.09. The Morgan fingerprint density at radius 1 is 1.36 bits per heavy atom. The number of hydrogen-bond acceptors (Lipinski definition) is 2. The highest BCUT2D eigenvalue weighted by atomic mass is 19.1. The molecule has 1 rings (SSSR count). The summed E-state index contributed by atoms with van der Waals surface area (Å²) in [7, 11) is 1.61. The molecular weight excluding hydrogens is 183 g/mol. The minimum Gasteiger partial charge on any atom is -0.497 e. The van der Waals surface area contributed by atoms with Crippen molar-refractivity contribution in [3.8, 4) is 5.75 Å². The molecule has 76 valence electrons. The zero-order valence-corrected chi connectivity index (χ0v) is 8.13. The summed E-state index contributed by atoms with van der Waals surface area (Å²) >= 11 is 0. The first kappa shape index (κ1) is 10.7. The summed E-state index contributed by atoms with van der Waals surface area (Å²) in [6.07, 6.45) is 1.29. The van der Waals surface area contributed by atoms with Gasteiger partial charge in [0, 0.05) is 6.42 Å².